The molecule has 1 atom stereocenters. The van der Waals surface area contributed by atoms with Crippen LogP contribution in [0.3, 0.4) is 0 Å². The summed E-state index contributed by atoms with van der Waals surface area (Å²) in [4.78, 5) is 15.7. The molecule has 1 fully saturated rings. The Morgan fingerprint density at radius 2 is 1.88 bits per heavy atom. The van der Waals surface area contributed by atoms with E-state index in [-0.39, 0.29) is 29.2 Å². The van der Waals surface area contributed by atoms with Crippen LogP contribution < -0.4 is 10.7 Å². The van der Waals surface area contributed by atoms with E-state index in [0.717, 1.165) is 11.6 Å². The molecule has 5 rings (SSSR count). The Hall–Kier alpha value is -3.26. The molecule has 1 aliphatic carbocycles. The van der Waals surface area contributed by atoms with Crippen molar-refractivity contribution in [2.45, 2.75) is 43.7 Å². The number of hydrazine groups is 1. The monoisotopic (exact) mass is 454 g/mol. The van der Waals surface area contributed by atoms with Gasteiger partial charge in [-0.25, -0.2) is 18.6 Å². The molecular formula is C25H25F3N4O. The quantitative estimate of drug-likeness (QED) is 0.523. The lowest BCUT2D eigenvalue weighted by atomic mass is 9.74. The highest BCUT2D eigenvalue weighted by molar-refractivity contribution is 5.92. The number of hydrogen-bond acceptors (Lipinski definition) is 3. The molecule has 3 aromatic rings. The summed E-state index contributed by atoms with van der Waals surface area (Å²) in [6.07, 6.45) is 5.47. The summed E-state index contributed by atoms with van der Waals surface area (Å²) in [5, 5.41) is 5.38. The number of carbonyl (C=O) groups is 1. The summed E-state index contributed by atoms with van der Waals surface area (Å²) in [7, 11) is 1.88. The van der Waals surface area contributed by atoms with Gasteiger partial charge in [-0.3, -0.25) is 4.79 Å². The number of H-pyrrole nitrogens is 1. The molecule has 0 spiro atoms. The molecule has 2 aromatic carbocycles. The zero-order chi connectivity index (χ0) is 23.3. The van der Waals surface area contributed by atoms with Crippen LogP contribution in [-0.4, -0.2) is 34.5 Å². The maximum atomic E-state index is 14.5. The van der Waals surface area contributed by atoms with E-state index >= 15 is 0 Å². The number of aromatic nitrogens is 1. The van der Waals surface area contributed by atoms with Gasteiger partial charge in [-0.2, -0.15) is 0 Å². The Bertz CT molecular complexity index is 1250. The minimum atomic E-state index is -0.667. The van der Waals surface area contributed by atoms with Gasteiger partial charge in [-0.05, 0) is 73.2 Å². The molecule has 8 heteroatoms. The maximum Gasteiger partial charge on any atom is 0.222 e. The number of benzene rings is 2. The predicted molar refractivity (Wildman–Crippen MR) is 121 cm³/mol. The van der Waals surface area contributed by atoms with Gasteiger partial charge in [0.2, 0.25) is 5.91 Å². The number of nitrogens with one attached hydrogen (secondary N) is 3. The third kappa shape index (κ3) is 4.11. The van der Waals surface area contributed by atoms with Crippen LogP contribution in [0.5, 0.6) is 0 Å². The highest BCUT2D eigenvalue weighted by Gasteiger charge is 2.37. The highest BCUT2D eigenvalue weighted by atomic mass is 19.1. The second kappa shape index (κ2) is 7.95. The maximum absolute atomic E-state index is 14.5. The molecule has 0 saturated heterocycles. The first-order valence-electron chi connectivity index (χ1n) is 11.0. The van der Waals surface area contributed by atoms with E-state index in [1.54, 1.807) is 12.1 Å². The lowest BCUT2D eigenvalue weighted by molar-refractivity contribution is -0.123. The van der Waals surface area contributed by atoms with Gasteiger partial charge < -0.3 is 15.3 Å². The van der Waals surface area contributed by atoms with Gasteiger partial charge >= 0.3 is 0 Å². The first kappa shape index (κ1) is 21.6. The van der Waals surface area contributed by atoms with Crippen molar-refractivity contribution in [3.05, 3.63) is 71.7 Å². The fraction of sp³-hybridized carbons (Fsp3) is 0.320. The molecule has 172 valence electrons. The minimum Gasteiger partial charge on any atom is -0.353 e. The van der Waals surface area contributed by atoms with Crippen molar-refractivity contribution in [2.24, 2.45) is 0 Å². The molecule has 1 saturated carbocycles. The van der Waals surface area contributed by atoms with Crippen molar-refractivity contribution < 1.29 is 18.0 Å². The Morgan fingerprint density at radius 3 is 2.55 bits per heavy atom. The van der Waals surface area contributed by atoms with E-state index < -0.39 is 17.2 Å². The Balaban J connectivity index is 1.37. The Morgan fingerprint density at radius 1 is 1.15 bits per heavy atom. The molecule has 2 aliphatic rings. The number of nitrogens with zero attached hydrogens (tertiary/aromatic N) is 1. The summed E-state index contributed by atoms with van der Waals surface area (Å²) in [6, 6.07) is 8.09. The van der Waals surface area contributed by atoms with E-state index in [1.165, 1.54) is 18.2 Å². The van der Waals surface area contributed by atoms with E-state index in [2.05, 4.69) is 15.7 Å². The zero-order valence-corrected chi connectivity index (χ0v) is 18.4. The normalized spacial score (nSPS) is 24.3. The molecule has 33 heavy (non-hydrogen) atoms. The van der Waals surface area contributed by atoms with Gasteiger partial charge in [0.05, 0.1) is 16.7 Å². The topological polar surface area (TPSA) is 60.2 Å². The van der Waals surface area contributed by atoms with E-state index in [4.69, 9.17) is 0 Å². The van der Waals surface area contributed by atoms with Crippen molar-refractivity contribution in [3.63, 3.8) is 0 Å². The largest absolute Gasteiger partial charge is 0.353 e. The number of fused-ring (bicyclic) bond motifs is 1. The Labute approximate surface area is 189 Å². The smallest absolute Gasteiger partial charge is 0.222 e. The lowest BCUT2D eigenvalue weighted by Crippen LogP contribution is -2.49. The standard InChI is InChI=1S/C25H25F3N4O/c1-25(7-8-32(2)31-25)13-21(33)29-18-9-15(10-18)22-19-11-17(27)12-20(28)24(19)30-23(22)14-3-5-16(26)6-4-14/h3-8,11-12,15,18,30-31H,9-10,13H2,1-2H3,(H,29,33). The van der Waals surface area contributed by atoms with Crippen molar-refractivity contribution in [2.75, 3.05) is 7.05 Å². The van der Waals surface area contributed by atoms with Crippen LogP contribution in [0, 0.1) is 17.5 Å². The molecule has 0 bridgehead atoms. The molecular weight excluding hydrogens is 429 g/mol. The molecule has 5 nitrogen and oxygen atoms in total. The van der Waals surface area contributed by atoms with E-state index in [0.29, 0.717) is 35.9 Å². The summed E-state index contributed by atoms with van der Waals surface area (Å²) in [5.41, 5.74) is 5.18. The SMILES string of the molecule is CN1C=CC(C)(CC(=O)NC2CC(c3c(-c4ccc(F)cc4)[nH]c4c(F)cc(F)cc34)C2)N1. The second-order valence-electron chi connectivity index (χ2n) is 9.30. The predicted octanol–water partition coefficient (Wildman–Crippen LogP) is 4.73. The number of halogens is 3. The molecule has 1 amide bonds. The van der Waals surface area contributed by atoms with Gasteiger partial charge in [0.1, 0.15) is 17.5 Å². The third-order valence-corrected chi connectivity index (χ3v) is 6.53. The third-order valence-electron chi connectivity index (χ3n) is 6.53. The van der Waals surface area contributed by atoms with Crippen molar-refractivity contribution in [1.82, 2.24) is 20.7 Å². The van der Waals surface area contributed by atoms with Crippen molar-refractivity contribution in [1.29, 1.82) is 0 Å². The summed E-state index contributed by atoms with van der Waals surface area (Å²) in [6.45, 7) is 1.96. The number of carbonyl (C=O) groups excluding carboxylic acids is 1. The van der Waals surface area contributed by atoms with Gasteiger partial charge in [-0.1, -0.05) is 0 Å². The first-order chi connectivity index (χ1) is 15.7. The molecule has 1 aromatic heterocycles. The number of aromatic amines is 1. The molecule has 0 radical (unpaired) electrons. The fourth-order valence-electron chi connectivity index (χ4n) is 4.94. The van der Waals surface area contributed by atoms with Gasteiger partial charge in [0.15, 0.2) is 0 Å². The first-order valence-corrected chi connectivity index (χ1v) is 11.0. The van der Waals surface area contributed by atoms with E-state index in [9.17, 15) is 18.0 Å². The lowest BCUT2D eigenvalue weighted by Gasteiger charge is -2.37. The van der Waals surface area contributed by atoms with Crippen LogP contribution in [0.2, 0.25) is 0 Å². The van der Waals surface area contributed by atoms with Crippen molar-refractivity contribution >= 4 is 16.8 Å². The van der Waals surface area contributed by atoms with Crippen LogP contribution >= 0.6 is 0 Å². The van der Waals surface area contributed by atoms with Crippen LogP contribution in [0.25, 0.3) is 22.2 Å². The van der Waals surface area contributed by atoms with Gasteiger partial charge in [0, 0.05) is 37.2 Å². The zero-order valence-electron chi connectivity index (χ0n) is 18.4. The van der Waals surface area contributed by atoms with Crippen LogP contribution in [0.1, 0.15) is 37.7 Å². The average Bonchev–Trinajstić information content (AvgIpc) is 3.25. The van der Waals surface area contributed by atoms with E-state index in [1.807, 2.05) is 31.3 Å². The summed E-state index contributed by atoms with van der Waals surface area (Å²) < 4.78 is 42.0. The minimum absolute atomic E-state index is 0.0107. The van der Waals surface area contributed by atoms with Crippen LogP contribution in [0.15, 0.2) is 48.7 Å². The number of rotatable bonds is 5. The summed E-state index contributed by atoms with van der Waals surface area (Å²) >= 11 is 0. The van der Waals surface area contributed by atoms with Gasteiger partial charge in [-0.15, -0.1) is 0 Å². The molecule has 1 aliphatic heterocycles. The fourth-order valence-corrected chi connectivity index (χ4v) is 4.94. The molecule has 3 N–H and O–H groups in total. The molecule has 1 unspecified atom stereocenters. The highest BCUT2D eigenvalue weighted by Crippen LogP contribution is 2.45. The number of hydrogen-bond donors (Lipinski definition) is 3. The Kier molecular flexibility index (Phi) is 5.20. The second-order valence-corrected chi connectivity index (χ2v) is 9.30. The van der Waals surface area contributed by atoms with Crippen LogP contribution in [-0.2, 0) is 4.79 Å². The van der Waals surface area contributed by atoms with Gasteiger partial charge in [0.25, 0.3) is 0 Å². The van der Waals surface area contributed by atoms with Crippen LogP contribution in [0.4, 0.5) is 13.2 Å². The molecule has 2 heterocycles. The summed E-state index contributed by atoms with van der Waals surface area (Å²) in [5.74, 6) is -1.73. The average molecular weight is 454 g/mol. The number of amides is 1. The van der Waals surface area contributed by atoms with Crippen molar-refractivity contribution in [3.8, 4) is 11.3 Å².